The van der Waals surface area contributed by atoms with Crippen LogP contribution in [0.5, 0.6) is 0 Å². The average Bonchev–Trinajstić information content (AvgIpc) is 2.24. The zero-order chi connectivity index (χ0) is 13.8. The molecular formula is C10H10F3N3O2. The molecule has 1 aromatic heterocycles. The second-order valence-corrected chi connectivity index (χ2v) is 3.41. The Balaban J connectivity index is 2.46. The summed E-state index contributed by atoms with van der Waals surface area (Å²) in [7, 11) is 0. The molecule has 0 fully saturated rings. The Hall–Kier alpha value is -2.12. The lowest BCUT2D eigenvalue weighted by molar-refractivity contribution is -0.173. The lowest BCUT2D eigenvalue weighted by atomic mass is 10.3. The van der Waals surface area contributed by atoms with Crippen LogP contribution in [0.25, 0.3) is 0 Å². The van der Waals surface area contributed by atoms with Gasteiger partial charge in [-0.25, -0.2) is 0 Å². The second kappa shape index (κ2) is 5.48. The molecule has 8 heteroatoms. The van der Waals surface area contributed by atoms with Crippen molar-refractivity contribution in [3.8, 4) is 0 Å². The van der Waals surface area contributed by atoms with Crippen LogP contribution >= 0.6 is 0 Å². The molecule has 98 valence electrons. The summed E-state index contributed by atoms with van der Waals surface area (Å²) in [4.78, 5) is 25.6. The van der Waals surface area contributed by atoms with Gasteiger partial charge < -0.3 is 10.6 Å². The van der Waals surface area contributed by atoms with Gasteiger partial charge in [0.25, 0.3) is 0 Å². The number of carbonyl (C=O) groups excluding carboxylic acids is 2. The van der Waals surface area contributed by atoms with Gasteiger partial charge in [0.2, 0.25) is 5.91 Å². The highest BCUT2D eigenvalue weighted by Gasteiger charge is 2.38. The maximum atomic E-state index is 11.8. The van der Waals surface area contributed by atoms with Crippen LogP contribution in [0.3, 0.4) is 0 Å². The van der Waals surface area contributed by atoms with Crippen molar-refractivity contribution in [1.29, 1.82) is 0 Å². The number of alkyl halides is 3. The number of anilines is 1. The van der Waals surface area contributed by atoms with E-state index in [1.54, 1.807) is 13.0 Å². The fraction of sp³-hybridized carbons (Fsp3) is 0.300. The van der Waals surface area contributed by atoms with E-state index >= 15 is 0 Å². The van der Waals surface area contributed by atoms with E-state index in [1.165, 1.54) is 17.6 Å². The molecule has 18 heavy (non-hydrogen) atoms. The standard InChI is InChI=1S/C10H10F3N3O2/c1-6-4-7(2-3-14-6)16-8(17)5-15-9(18)10(11,12)13/h2-4H,5H2,1H3,(H,15,18)(H,14,16,17). The van der Waals surface area contributed by atoms with Crippen molar-refractivity contribution in [1.82, 2.24) is 10.3 Å². The molecule has 1 heterocycles. The lowest BCUT2D eigenvalue weighted by Gasteiger charge is -2.08. The number of hydrogen-bond donors (Lipinski definition) is 2. The Bertz CT molecular complexity index is 460. The van der Waals surface area contributed by atoms with Crippen LogP contribution in [-0.2, 0) is 9.59 Å². The molecule has 0 spiro atoms. The van der Waals surface area contributed by atoms with Gasteiger partial charge in [0.05, 0.1) is 6.54 Å². The molecule has 2 amide bonds. The van der Waals surface area contributed by atoms with Gasteiger partial charge in [0.1, 0.15) is 0 Å². The summed E-state index contributed by atoms with van der Waals surface area (Å²) in [5, 5.41) is 3.79. The number of aromatic nitrogens is 1. The van der Waals surface area contributed by atoms with Crippen LogP contribution in [0.15, 0.2) is 18.3 Å². The molecule has 0 aliphatic rings. The Morgan fingerprint density at radius 3 is 2.61 bits per heavy atom. The summed E-state index contributed by atoms with van der Waals surface area (Å²) in [6.07, 6.45) is -3.55. The van der Waals surface area contributed by atoms with E-state index in [-0.39, 0.29) is 0 Å². The van der Waals surface area contributed by atoms with Crippen LogP contribution in [0.2, 0.25) is 0 Å². The van der Waals surface area contributed by atoms with E-state index in [4.69, 9.17) is 0 Å². The third kappa shape index (κ3) is 4.40. The molecular weight excluding hydrogens is 251 g/mol. The lowest BCUT2D eigenvalue weighted by Crippen LogP contribution is -2.41. The van der Waals surface area contributed by atoms with E-state index < -0.39 is 24.5 Å². The van der Waals surface area contributed by atoms with Gasteiger partial charge in [-0.3, -0.25) is 14.6 Å². The van der Waals surface area contributed by atoms with Gasteiger partial charge in [0, 0.05) is 17.6 Å². The van der Waals surface area contributed by atoms with Gasteiger partial charge >= 0.3 is 12.1 Å². The van der Waals surface area contributed by atoms with Crippen molar-refractivity contribution >= 4 is 17.5 Å². The van der Waals surface area contributed by atoms with Crippen LogP contribution in [0.4, 0.5) is 18.9 Å². The zero-order valence-corrected chi connectivity index (χ0v) is 9.34. The highest BCUT2D eigenvalue weighted by molar-refractivity contribution is 5.95. The summed E-state index contributed by atoms with van der Waals surface area (Å²) in [5.74, 6) is -2.90. The van der Waals surface area contributed by atoms with E-state index in [0.29, 0.717) is 11.4 Å². The first-order chi connectivity index (χ1) is 8.29. The van der Waals surface area contributed by atoms with Crippen LogP contribution in [-0.4, -0.2) is 29.5 Å². The zero-order valence-electron chi connectivity index (χ0n) is 9.34. The SMILES string of the molecule is Cc1cc(NC(=O)CNC(=O)C(F)(F)F)ccn1. The van der Waals surface area contributed by atoms with E-state index in [1.807, 2.05) is 0 Å². The molecule has 5 nitrogen and oxygen atoms in total. The first kappa shape index (κ1) is 13.9. The van der Waals surface area contributed by atoms with Crippen molar-refractivity contribution in [3.63, 3.8) is 0 Å². The minimum atomic E-state index is -4.99. The highest BCUT2D eigenvalue weighted by atomic mass is 19.4. The number of halogens is 3. The largest absolute Gasteiger partial charge is 0.471 e. The summed E-state index contributed by atoms with van der Waals surface area (Å²) in [5.41, 5.74) is 1.04. The molecule has 0 unspecified atom stereocenters. The van der Waals surface area contributed by atoms with E-state index in [9.17, 15) is 22.8 Å². The summed E-state index contributed by atoms with van der Waals surface area (Å²) in [6, 6.07) is 3.03. The van der Waals surface area contributed by atoms with Crippen molar-refractivity contribution in [3.05, 3.63) is 24.0 Å². The molecule has 0 atom stereocenters. The maximum Gasteiger partial charge on any atom is 0.471 e. The van der Waals surface area contributed by atoms with Gasteiger partial charge in [-0.2, -0.15) is 13.2 Å². The number of rotatable bonds is 3. The summed E-state index contributed by atoms with van der Waals surface area (Å²) in [6.45, 7) is 0.945. The number of pyridine rings is 1. The number of hydrogen-bond acceptors (Lipinski definition) is 3. The first-order valence-electron chi connectivity index (χ1n) is 4.86. The fourth-order valence-corrected chi connectivity index (χ4v) is 1.09. The quantitative estimate of drug-likeness (QED) is 0.853. The molecule has 0 radical (unpaired) electrons. The summed E-state index contributed by atoms with van der Waals surface area (Å²) >= 11 is 0. The Morgan fingerprint density at radius 2 is 2.06 bits per heavy atom. The molecule has 0 aliphatic heterocycles. The third-order valence-electron chi connectivity index (χ3n) is 1.85. The highest BCUT2D eigenvalue weighted by Crippen LogP contribution is 2.13. The predicted octanol–water partition coefficient (Wildman–Crippen LogP) is 1.01. The molecule has 0 bridgehead atoms. The summed E-state index contributed by atoms with van der Waals surface area (Å²) < 4.78 is 35.5. The Morgan fingerprint density at radius 1 is 1.39 bits per heavy atom. The fourth-order valence-electron chi connectivity index (χ4n) is 1.09. The molecule has 1 aromatic rings. The number of carbonyl (C=O) groups is 2. The molecule has 0 aromatic carbocycles. The third-order valence-corrected chi connectivity index (χ3v) is 1.85. The van der Waals surface area contributed by atoms with Crippen LogP contribution < -0.4 is 10.6 Å². The first-order valence-corrected chi connectivity index (χ1v) is 4.86. The van der Waals surface area contributed by atoms with E-state index in [2.05, 4.69) is 10.3 Å². The van der Waals surface area contributed by atoms with Gasteiger partial charge in [-0.05, 0) is 19.1 Å². The minimum absolute atomic E-state index is 0.397. The van der Waals surface area contributed by atoms with E-state index in [0.717, 1.165) is 0 Å². The number of nitrogens with one attached hydrogen (secondary N) is 2. The Kier molecular flexibility index (Phi) is 4.24. The van der Waals surface area contributed by atoms with Crippen molar-refractivity contribution in [2.24, 2.45) is 0 Å². The Labute approximate surface area is 100 Å². The van der Waals surface area contributed by atoms with Crippen molar-refractivity contribution < 1.29 is 22.8 Å². The topological polar surface area (TPSA) is 71.1 Å². The molecule has 0 aliphatic carbocycles. The monoisotopic (exact) mass is 261 g/mol. The molecule has 1 rings (SSSR count). The van der Waals surface area contributed by atoms with Crippen LogP contribution in [0, 0.1) is 6.92 Å². The smallest absolute Gasteiger partial charge is 0.339 e. The van der Waals surface area contributed by atoms with Gasteiger partial charge in [-0.15, -0.1) is 0 Å². The van der Waals surface area contributed by atoms with Crippen molar-refractivity contribution in [2.45, 2.75) is 13.1 Å². The molecule has 0 saturated carbocycles. The number of aryl methyl sites for hydroxylation is 1. The second-order valence-electron chi connectivity index (χ2n) is 3.41. The van der Waals surface area contributed by atoms with Gasteiger partial charge in [0.15, 0.2) is 0 Å². The molecule has 0 saturated heterocycles. The average molecular weight is 261 g/mol. The predicted molar refractivity (Wildman–Crippen MR) is 56.7 cm³/mol. The van der Waals surface area contributed by atoms with Gasteiger partial charge in [-0.1, -0.05) is 0 Å². The number of nitrogens with zero attached hydrogens (tertiary/aromatic N) is 1. The molecule has 2 N–H and O–H groups in total. The minimum Gasteiger partial charge on any atom is -0.339 e. The number of amides is 2. The normalized spacial score (nSPS) is 10.9. The van der Waals surface area contributed by atoms with Crippen LogP contribution in [0.1, 0.15) is 5.69 Å². The van der Waals surface area contributed by atoms with Crippen molar-refractivity contribution in [2.75, 3.05) is 11.9 Å². The maximum absolute atomic E-state index is 11.8.